The number of benzene rings is 1. The van der Waals surface area contributed by atoms with Gasteiger partial charge in [-0.15, -0.1) is 4.91 Å². The Balaban J connectivity index is 2.52. The van der Waals surface area contributed by atoms with Crippen LogP contribution in [0, 0.1) is 11.8 Å². The second-order valence-corrected chi connectivity index (χ2v) is 3.37. The van der Waals surface area contributed by atoms with Crippen LogP contribution >= 0.6 is 0 Å². The summed E-state index contributed by atoms with van der Waals surface area (Å²) in [5.74, 6) is 0.592. The van der Waals surface area contributed by atoms with Gasteiger partial charge in [-0.3, -0.25) is 0 Å². The molecule has 2 rings (SSSR count). The van der Waals surface area contributed by atoms with E-state index in [9.17, 15) is 4.91 Å². The molecule has 0 N–H and O–H groups in total. The summed E-state index contributed by atoms with van der Waals surface area (Å²) in [7, 11) is 1.55. The highest BCUT2D eigenvalue weighted by Crippen LogP contribution is 2.27. The van der Waals surface area contributed by atoms with Crippen molar-refractivity contribution >= 4 is 5.69 Å². The summed E-state index contributed by atoms with van der Waals surface area (Å²) in [4.78, 5) is 14.5. The fourth-order valence-corrected chi connectivity index (χ4v) is 1.49. The number of rotatable bonds is 3. The highest BCUT2D eigenvalue weighted by molar-refractivity contribution is 5.55. The molecular weight excluding hydrogens is 206 g/mol. The molecule has 0 amide bonds. The molecule has 0 bridgehead atoms. The third kappa shape index (κ3) is 1.79. The van der Waals surface area contributed by atoms with Crippen molar-refractivity contribution in [2.75, 3.05) is 7.11 Å². The van der Waals surface area contributed by atoms with Crippen LogP contribution in [0.2, 0.25) is 0 Å². The van der Waals surface area contributed by atoms with Gasteiger partial charge in [0, 0.05) is 12.3 Å². The monoisotopic (exact) mass is 217 g/mol. The van der Waals surface area contributed by atoms with Gasteiger partial charge in [-0.05, 0) is 24.2 Å². The van der Waals surface area contributed by atoms with Crippen LogP contribution in [-0.4, -0.2) is 16.7 Å². The van der Waals surface area contributed by atoms with Gasteiger partial charge in [0.05, 0.1) is 24.8 Å². The maximum atomic E-state index is 10.4. The summed E-state index contributed by atoms with van der Waals surface area (Å²) in [5.41, 5.74) is 2.09. The van der Waals surface area contributed by atoms with Crippen LogP contribution in [0.25, 0.3) is 5.69 Å². The van der Waals surface area contributed by atoms with Crippen LogP contribution in [0.4, 0.5) is 5.69 Å². The summed E-state index contributed by atoms with van der Waals surface area (Å²) in [6, 6.07) is 5.01. The Morgan fingerprint density at radius 3 is 2.81 bits per heavy atom. The Kier molecular flexibility index (Phi) is 2.68. The molecule has 0 atom stereocenters. The second kappa shape index (κ2) is 4.14. The quantitative estimate of drug-likeness (QED) is 0.742. The third-order valence-corrected chi connectivity index (χ3v) is 2.26. The first-order chi connectivity index (χ1) is 7.74. The van der Waals surface area contributed by atoms with E-state index in [0.717, 1.165) is 11.4 Å². The van der Waals surface area contributed by atoms with Crippen LogP contribution in [0.3, 0.4) is 0 Å². The Hall–Kier alpha value is -2.17. The van der Waals surface area contributed by atoms with E-state index in [1.807, 2.05) is 17.7 Å². The van der Waals surface area contributed by atoms with E-state index in [1.165, 1.54) is 0 Å². The van der Waals surface area contributed by atoms with Crippen LogP contribution in [0.15, 0.2) is 35.9 Å². The molecule has 16 heavy (non-hydrogen) atoms. The van der Waals surface area contributed by atoms with Crippen molar-refractivity contribution in [3.8, 4) is 11.4 Å². The molecule has 0 aliphatic rings. The largest absolute Gasteiger partial charge is 0.494 e. The maximum Gasteiger partial charge on any atom is 0.145 e. The number of imidazole rings is 1. The standard InChI is InChI=1S/C11H11N3O2/c1-8-6-14(7-12-8)10-4-3-9(13-15)5-11(10)16-2/h3-7H,1-2H3. The predicted molar refractivity (Wildman–Crippen MR) is 60.3 cm³/mol. The summed E-state index contributed by atoms with van der Waals surface area (Å²) < 4.78 is 7.04. The van der Waals surface area contributed by atoms with Crippen molar-refractivity contribution in [2.24, 2.45) is 5.18 Å². The molecule has 82 valence electrons. The van der Waals surface area contributed by atoms with Gasteiger partial charge in [0.25, 0.3) is 0 Å². The maximum absolute atomic E-state index is 10.4. The normalized spacial score (nSPS) is 10.1. The lowest BCUT2D eigenvalue weighted by Crippen LogP contribution is -1.94. The average molecular weight is 217 g/mol. The lowest BCUT2D eigenvalue weighted by Gasteiger charge is -2.08. The molecule has 5 nitrogen and oxygen atoms in total. The fourth-order valence-electron chi connectivity index (χ4n) is 1.49. The van der Waals surface area contributed by atoms with Gasteiger partial charge in [-0.2, -0.15) is 0 Å². The topological polar surface area (TPSA) is 56.5 Å². The minimum Gasteiger partial charge on any atom is -0.494 e. The zero-order valence-electron chi connectivity index (χ0n) is 9.04. The lowest BCUT2D eigenvalue weighted by molar-refractivity contribution is 0.413. The van der Waals surface area contributed by atoms with Gasteiger partial charge in [0.15, 0.2) is 0 Å². The number of nitrogens with zero attached hydrogens (tertiary/aromatic N) is 3. The van der Waals surface area contributed by atoms with Gasteiger partial charge >= 0.3 is 0 Å². The van der Waals surface area contributed by atoms with E-state index in [0.29, 0.717) is 11.4 Å². The first kappa shape index (κ1) is 10.4. The molecule has 0 unspecified atom stereocenters. The molecule has 0 saturated heterocycles. The molecule has 2 aromatic rings. The molecular formula is C11H11N3O2. The van der Waals surface area contributed by atoms with Gasteiger partial charge < -0.3 is 9.30 Å². The Labute approximate surface area is 92.7 Å². The number of aromatic nitrogens is 2. The predicted octanol–water partition coefficient (Wildman–Crippen LogP) is 2.59. The summed E-state index contributed by atoms with van der Waals surface area (Å²) in [6.07, 6.45) is 3.58. The van der Waals surface area contributed by atoms with Crippen LogP contribution in [0.5, 0.6) is 5.75 Å². The van der Waals surface area contributed by atoms with Crippen molar-refractivity contribution < 1.29 is 4.74 Å². The molecule has 1 aromatic carbocycles. The lowest BCUT2D eigenvalue weighted by atomic mass is 10.2. The number of nitroso groups, excluding NO2 is 1. The first-order valence-electron chi connectivity index (χ1n) is 4.77. The smallest absolute Gasteiger partial charge is 0.145 e. The van der Waals surface area contributed by atoms with Gasteiger partial charge in [0.1, 0.15) is 11.4 Å². The highest BCUT2D eigenvalue weighted by Gasteiger charge is 2.07. The number of ether oxygens (including phenoxy) is 1. The zero-order valence-corrected chi connectivity index (χ0v) is 9.04. The number of hydrogen-bond donors (Lipinski definition) is 0. The van der Waals surface area contributed by atoms with Crippen LogP contribution < -0.4 is 4.74 Å². The number of hydrogen-bond acceptors (Lipinski definition) is 4. The first-order valence-corrected chi connectivity index (χ1v) is 4.77. The SMILES string of the molecule is COc1cc(N=O)ccc1-n1cnc(C)c1. The van der Waals surface area contributed by atoms with Crippen molar-refractivity contribution in [2.45, 2.75) is 6.92 Å². The molecule has 0 saturated carbocycles. The number of aryl methyl sites for hydroxylation is 1. The number of methoxy groups -OCH3 is 1. The fraction of sp³-hybridized carbons (Fsp3) is 0.182. The van der Waals surface area contributed by atoms with E-state index in [2.05, 4.69) is 10.2 Å². The summed E-state index contributed by atoms with van der Waals surface area (Å²) >= 11 is 0. The van der Waals surface area contributed by atoms with Crippen molar-refractivity contribution in [3.63, 3.8) is 0 Å². The molecule has 0 fully saturated rings. The minimum atomic E-state index is 0.345. The van der Waals surface area contributed by atoms with Crippen LogP contribution in [0.1, 0.15) is 5.69 Å². The Bertz CT molecular complexity index is 520. The van der Waals surface area contributed by atoms with Gasteiger partial charge in [0.2, 0.25) is 0 Å². The Morgan fingerprint density at radius 2 is 2.25 bits per heavy atom. The Morgan fingerprint density at radius 1 is 1.44 bits per heavy atom. The third-order valence-electron chi connectivity index (χ3n) is 2.26. The summed E-state index contributed by atoms with van der Waals surface area (Å²) in [5, 5.41) is 2.86. The molecule has 5 heteroatoms. The molecule has 0 radical (unpaired) electrons. The van der Waals surface area contributed by atoms with Gasteiger partial charge in [-0.25, -0.2) is 4.98 Å². The summed E-state index contributed by atoms with van der Waals surface area (Å²) in [6.45, 7) is 1.91. The molecule has 1 aromatic heterocycles. The molecule has 1 heterocycles. The van der Waals surface area contributed by atoms with E-state index in [4.69, 9.17) is 4.74 Å². The average Bonchev–Trinajstić information content (AvgIpc) is 2.74. The zero-order chi connectivity index (χ0) is 11.5. The molecule has 0 spiro atoms. The van der Waals surface area contributed by atoms with Crippen LogP contribution in [-0.2, 0) is 0 Å². The van der Waals surface area contributed by atoms with E-state index in [-0.39, 0.29) is 0 Å². The van der Waals surface area contributed by atoms with Crippen molar-refractivity contribution in [1.82, 2.24) is 9.55 Å². The second-order valence-electron chi connectivity index (χ2n) is 3.37. The minimum absolute atomic E-state index is 0.345. The van der Waals surface area contributed by atoms with E-state index in [1.54, 1.807) is 31.6 Å². The van der Waals surface area contributed by atoms with Gasteiger partial charge in [-0.1, -0.05) is 0 Å². The molecule has 0 aliphatic heterocycles. The van der Waals surface area contributed by atoms with E-state index >= 15 is 0 Å². The van der Waals surface area contributed by atoms with Crippen molar-refractivity contribution in [3.05, 3.63) is 41.3 Å². The molecule has 0 aliphatic carbocycles. The van der Waals surface area contributed by atoms with Crippen molar-refractivity contribution in [1.29, 1.82) is 0 Å². The van der Waals surface area contributed by atoms with E-state index < -0.39 is 0 Å². The highest BCUT2D eigenvalue weighted by atomic mass is 16.5.